The highest BCUT2D eigenvalue weighted by Gasteiger charge is 2.20. The molecule has 4 rings (SSSR count). The third kappa shape index (κ3) is 3.89. The van der Waals surface area contributed by atoms with Gasteiger partial charge in [0.1, 0.15) is 12.4 Å². The second-order valence-corrected chi connectivity index (χ2v) is 6.97. The van der Waals surface area contributed by atoms with Gasteiger partial charge in [-0.15, -0.1) is 0 Å². The Hall–Kier alpha value is -2.37. The van der Waals surface area contributed by atoms with E-state index in [0.717, 1.165) is 42.0 Å². The summed E-state index contributed by atoms with van der Waals surface area (Å²) in [4.78, 5) is 12.4. The first-order valence-corrected chi connectivity index (χ1v) is 9.13. The van der Waals surface area contributed by atoms with E-state index in [9.17, 15) is 9.90 Å². The average Bonchev–Trinajstić information content (AvgIpc) is 3.28. The molecular formula is C21H23NO4. The maximum atomic E-state index is 12.4. The Morgan fingerprint density at radius 2 is 1.96 bits per heavy atom. The monoisotopic (exact) mass is 353 g/mol. The first kappa shape index (κ1) is 17.1. The van der Waals surface area contributed by atoms with Gasteiger partial charge in [-0.2, -0.15) is 0 Å². The molecule has 0 bridgehead atoms. The van der Waals surface area contributed by atoms with Gasteiger partial charge >= 0.3 is 0 Å². The van der Waals surface area contributed by atoms with E-state index in [1.807, 2.05) is 30.3 Å². The molecule has 1 amide bonds. The van der Waals surface area contributed by atoms with Crippen molar-refractivity contribution < 1.29 is 19.4 Å². The molecule has 1 aliphatic heterocycles. The molecule has 26 heavy (non-hydrogen) atoms. The molecule has 2 aromatic rings. The Morgan fingerprint density at radius 1 is 1.15 bits per heavy atom. The van der Waals surface area contributed by atoms with Gasteiger partial charge in [0.15, 0.2) is 0 Å². The molecule has 2 aliphatic rings. The molecule has 2 unspecified atom stereocenters. The van der Waals surface area contributed by atoms with Crippen molar-refractivity contribution in [1.29, 1.82) is 0 Å². The van der Waals surface area contributed by atoms with E-state index in [0.29, 0.717) is 25.0 Å². The molecule has 0 aromatic heterocycles. The summed E-state index contributed by atoms with van der Waals surface area (Å²) in [6.45, 7) is 1.36. The molecule has 2 N–H and O–H groups in total. The second-order valence-electron chi connectivity index (χ2n) is 6.97. The van der Waals surface area contributed by atoms with Crippen LogP contribution in [0.25, 0.3) is 0 Å². The number of benzene rings is 2. The predicted molar refractivity (Wildman–Crippen MR) is 98.7 cm³/mol. The number of aliphatic hydroxyl groups excluding tert-OH is 1. The second kappa shape index (κ2) is 7.48. The quantitative estimate of drug-likeness (QED) is 0.867. The van der Waals surface area contributed by atoms with Gasteiger partial charge in [-0.1, -0.05) is 6.07 Å². The summed E-state index contributed by atoms with van der Waals surface area (Å²) in [5.74, 6) is 0.581. The van der Waals surface area contributed by atoms with Gasteiger partial charge < -0.3 is 19.9 Å². The van der Waals surface area contributed by atoms with Gasteiger partial charge in [0.2, 0.25) is 0 Å². The highest BCUT2D eigenvalue weighted by atomic mass is 16.5. The van der Waals surface area contributed by atoms with E-state index >= 15 is 0 Å². The largest absolute Gasteiger partial charge is 0.491 e. The third-order valence-electron chi connectivity index (χ3n) is 4.95. The summed E-state index contributed by atoms with van der Waals surface area (Å²) in [7, 11) is 0. The lowest BCUT2D eigenvalue weighted by Gasteiger charge is -2.12. The Kier molecular flexibility index (Phi) is 4.91. The van der Waals surface area contributed by atoms with Gasteiger partial charge in [-0.3, -0.25) is 4.79 Å². The number of anilines is 1. The number of hydrogen-bond donors (Lipinski definition) is 2. The van der Waals surface area contributed by atoms with Crippen molar-refractivity contribution in [3.63, 3.8) is 0 Å². The molecule has 1 fully saturated rings. The Labute approximate surface area is 152 Å². The number of fused-ring (bicyclic) bond motifs is 1. The van der Waals surface area contributed by atoms with E-state index in [1.54, 1.807) is 12.1 Å². The molecule has 1 aliphatic carbocycles. The lowest BCUT2D eigenvalue weighted by Crippen LogP contribution is -2.16. The van der Waals surface area contributed by atoms with E-state index < -0.39 is 0 Å². The van der Waals surface area contributed by atoms with Crippen molar-refractivity contribution >= 4 is 11.6 Å². The van der Waals surface area contributed by atoms with Crippen molar-refractivity contribution in [2.24, 2.45) is 0 Å². The van der Waals surface area contributed by atoms with Gasteiger partial charge in [0.05, 0.1) is 12.2 Å². The van der Waals surface area contributed by atoms with Crippen LogP contribution in [0.2, 0.25) is 0 Å². The maximum absolute atomic E-state index is 12.4. The Balaban J connectivity index is 1.35. The van der Waals surface area contributed by atoms with Crippen LogP contribution in [-0.4, -0.2) is 36.4 Å². The van der Waals surface area contributed by atoms with Gasteiger partial charge in [0.25, 0.3) is 5.91 Å². The van der Waals surface area contributed by atoms with E-state index in [2.05, 4.69) is 5.32 Å². The van der Waals surface area contributed by atoms with Crippen molar-refractivity contribution in [1.82, 2.24) is 0 Å². The van der Waals surface area contributed by atoms with Crippen LogP contribution < -0.4 is 10.1 Å². The van der Waals surface area contributed by atoms with Crippen molar-refractivity contribution in [2.45, 2.75) is 37.9 Å². The van der Waals surface area contributed by atoms with Crippen LogP contribution >= 0.6 is 0 Å². The number of hydrogen-bond acceptors (Lipinski definition) is 4. The number of rotatable bonds is 5. The summed E-state index contributed by atoms with van der Waals surface area (Å²) in [5.41, 5.74) is 3.59. The minimum Gasteiger partial charge on any atom is -0.491 e. The van der Waals surface area contributed by atoms with Crippen LogP contribution in [-0.2, 0) is 17.6 Å². The molecule has 136 valence electrons. The van der Waals surface area contributed by atoms with Crippen molar-refractivity contribution in [3.8, 4) is 5.75 Å². The number of aliphatic hydroxyl groups is 1. The topological polar surface area (TPSA) is 67.8 Å². The van der Waals surface area contributed by atoms with Crippen molar-refractivity contribution in [2.75, 3.05) is 18.5 Å². The molecule has 0 saturated carbocycles. The van der Waals surface area contributed by atoms with E-state index in [1.165, 1.54) is 0 Å². The molecule has 1 heterocycles. The third-order valence-corrected chi connectivity index (χ3v) is 4.95. The smallest absolute Gasteiger partial charge is 0.255 e. The maximum Gasteiger partial charge on any atom is 0.255 e. The number of ether oxygens (including phenoxy) is 2. The van der Waals surface area contributed by atoms with Gasteiger partial charge in [-0.25, -0.2) is 0 Å². The van der Waals surface area contributed by atoms with Gasteiger partial charge in [-0.05, 0) is 73.2 Å². The van der Waals surface area contributed by atoms with Crippen LogP contribution in [0, 0.1) is 0 Å². The molecule has 0 radical (unpaired) electrons. The highest BCUT2D eigenvalue weighted by Crippen LogP contribution is 2.25. The molecule has 2 atom stereocenters. The summed E-state index contributed by atoms with van der Waals surface area (Å²) >= 11 is 0. The molecule has 2 aromatic carbocycles. The fraction of sp³-hybridized carbons (Fsp3) is 0.381. The van der Waals surface area contributed by atoms with E-state index in [4.69, 9.17) is 9.47 Å². The first-order chi connectivity index (χ1) is 12.7. The minimum atomic E-state index is -0.307. The van der Waals surface area contributed by atoms with Crippen LogP contribution in [0.15, 0.2) is 42.5 Å². The summed E-state index contributed by atoms with van der Waals surface area (Å²) in [6.07, 6.45) is 3.34. The highest BCUT2D eigenvalue weighted by molar-refractivity contribution is 6.04. The molecular weight excluding hydrogens is 330 g/mol. The predicted octanol–water partition coefficient (Wildman–Crippen LogP) is 2.96. The fourth-order valence-electron chi connectivity index (χ4n) is 3.54. The lowest BCUT2D eigenvalue weighted by molar-refractivity contribution is 0.0679. The zero-order valence-electron chi connectivity index (χ0n) is 14.6. The summed E-state index contributed by atoms with van der Waals surface area (Å²) in [5, 5.41) is 12.7. The van der Waals surface area contributed by atoms with Crippen LogP contribution in [0.5, 0.6) is 5.75 Å². The minimum absolute atomic E-state index is 0.158. The van der Waals surface area contributed by atoms with Crippen LogP contribution in [0.4, 0.5) is 5.69 Å². The standard InChI is InChI=1S/C21H23NO4/c23-18-11-15-3-6-17(10-16(15)12-18)22-21(24)14-4-7-19(8-5-14)26-13-20-2-1-9-25-20/h3-8,10,18,20,23H,1-2,9,11-13H2,(H,22,24). The summed E-state index contributed by atoms with van der Waals surface area (Å²) in [6, 6.07) is 12.9. The lowest BCUT2D eigenvalue weighted by atomic mass is 10.1. The fourth-order valence-corrected chi connectivity index (χ4v) is 3.54. The van der Waals surface area contributed by atoms with E-state index in [-0.39, 0.29) is 18.1 Å². The zero-order valence-corrected chi connectivity index (χ0v) is 14.6. The summed E-state index contributed by atoms with van der Waals surface area (Å²) < 4.78 is 11.3. The molecule has 0 spiro atoms. The Morgan fingerprint density at radius 3 is 2.73 bits per heavy atom. The molecule has 1 saturated heterocycles. The van der Waals surface area contributed by atoms with Crippen LogP contribution in [0.3, 0.4) is 0 Å². The van der Waals surface area contributed by atoms with Crippen molar-refractivity contribution in [3.05, 3.63) is 59.2 Å². The normalized spacial score (nSPS) is 21.4. The average molecular weight is 353 g/mol. The number of amides is 1. The molecule has 5 heteroatoms. The number of carbonyl (C=O) groups excluding carboxylic acids is 1. The molecule has 5 nitrogen and oxygen atoms in total. The first-order valence-electron chi connectivity index (χ1n) is 9.13. The number of carbonyl (C=O) groups is 1. The SMILES string of the molecule is O=C(Nc1ccc2c(c1)CC(O)C2)c1ccc(OCC2CCCO2)cc1. The van der Waals surface area contributed by atoms with Gasteiger partial charge in [0, 0.05) is 17.9 Å². The van der Waals surface area contributed by atoms with Crippen LogP contribution in [0.1, 0.15) is 34.3 Å². The Bertz CT molecular complexity index is 781. The number of nitrogens with one attached hydrogen (secondary N) is 1. The zero-order chi connectivity index (χ0) is 17.9.